The molecule has 0 amide bonds. The third-order valence-corrected chi connectivity index (χ3v) is 4.60. The first-order chi connectivity index (χ1) is 10.2. The summed E-state index contributed by atoms with van der Waals surface area (Å²) in [4.78, 5) is 13.3. The maximum atomic E-state index is 11.1. The normalized spacial score (nSPS) is 22.0. The van der Waals surface area contributed by atoms with E-state index in [1.54, 1.807) is 6.07 Å². The Morgan fingerprint density at radius 3 is 2.76 bits per heavy atom. The summed E-state index contributed by atoms with van der Waals surface area (Å²) >= 11 is 0. The number of nitro groups is 1. The summed E-state index contributed by atoms with van der Waals surface area (Å²) in [5.41, 5.74) is 2.07. The van der Waals surface area contributed by atoms with E-state index in [2.05, 4.69) is 10.2 Å². The van der Waals surface area contributed by atoms with Crippen LogP contribution in [0, 0.1) is 17.0 Å². The zero-order valence-electron chi connectivity index (χ0n) is 12.5. The highest BCUT2D eigenvalue weighted by atomic mass is 16.6. The van der Waals surface area contributed by atoms with E-state index in [1.165, 1.54) is 32.1 Å². The van der Waals surface area contributed by atoms with Crippen LogP contribution < -0.4 is 10.2 Å². The third-order valence-electron chi connectivity index (χ3n) is 4.60. The van der Waals surface area contributed by atoms with Crippen molar-refractivity contribution in [2.24, 2.45) is 0 Å². The van der Waals surface area contributed by atoms with Crippen molar-refractivity contribution in [3.8, 4) is 0 Å². The van der Waals surface area contributed by atoms with Gasteiger partial charge in [-0.2, -0.15) is 0 Å². The highest BCUT2D eigenvalue weighted by molar-refractivity contribution is 5.62. The number of nitrogens with one attached hydrogen (secondary N) is 1. The second kappa shape index (κ2) is 6.02. The quantitative estimate of drug-likeness (QED) is 0.668. The van der Waals surface area contributed by atoms with E-state index in [4.69, 9.17) is 0 Å². The highest BCUT2D eigenvalue weighted by Gasteiger charge is 2.33. The molecule has 2 aliphatic rings. The Kier molecular flexibility index (Phi) is 4.10. The summed E-state index contributed by atoms with van der Waals surface area (Å²) in [7, 11) is 0. The first-order valence-corrected chi connectivity index (χ1v) is 7.91. The molecule has 3 rings (SSSR count). The van der Waals surface area contributed by atoms with E-state index in [0.29, 0.717) is 12.1 Å². The Morgan fingerprint density at radius 2 is 2.14 bits per heavy atom. The van der Waals surface area contributed by atoms with Crippen LogP contribution in [0.2, 0.25) is 0 Å². The molecule has 0 radical (unpaired) electrons. The molecule has 0 spiro atoms. The maximum Gasteiger partial charge on any atom is 0.274 e. The zero-order chi connectivity index (χ0) is 14.8. The number of benzene rings is 1. The van der Waals surface area contributed by atoms with Gasteiger partial charge in [-0.15, -0.1) is 0 Å². The van der Waals surface area contributed by atoms with Crippen LogP contribution in [0.1, 0.15) is 37.7 Å². The zero-order valence-corrected chi connectivity index (χ0v) is 12.5. The lowest BCUT2D eigenvalue weighted by Gasteiger charge is -2.33. The Labute approximate surface area is 125 Å². The van der Waals surface area contributed by atoms with Crippen molar-refractivity contribution in [2.45, 2.75) is 51.1 Å². The predicted molar refractivity (Wildman–Crippen MR) is 83.8 cm³/mol. The average molecular weight is 289 g/mol. The standard InChI is InChI=1S/C16H23N3O2/c1-12-15(6-4-7-16(12)19(20)21)18(14-8-9-14)11-13-5-2-3-10-17-13/h4,6-7,13-14,17H,2-3,5,8-11H2,1H3. The molecule has 1 aliphatic carbocycles. The summed E-state index contributed by atoms with van der Waals surface area (Å²) in [6.45, 7) is 3.93. The summed E-state index contributed by atoms with van der Waals surface area (Å²) in [6, 6.07) is 6.52. The van der Waals surface area contributed by atoms with Gasteiger partial charge in [-0.25, -0.2) is 0 Å². The number of piperidine rings is 1. The van der Waals surface area contributed by atoms with Gasteiger partial charge < -0.3 is 10.2 Å². The molecule has 1 heterocycles. The average Bonchev–Trinajstić information content (AvgIpc) is 3.31. The molecule has 1 saturated heterocycles. The fraction of sp³-hybridized carbons (Fsp3) is 0.625. The van der Waals surface area contributed by atoms with Gasteiger partial charge >= 0.3 is 0 Å². The van der Waals surface area contributed by atoms with Gasteiger partial charge in [0.25, 0.3) is 5.69 Å². The molecule has 5 heteroatoms. The van der Waals surface area contributed by atoms with E-state index in [9.17, 15) is 10.1 Å². The van der Waals surface area contributed by atoms with Gasteiger partial charge in [-0.05, 0) is 45.2 Å². The fourth-order valence-electron chi connectivity index (χ4n) is 3.27. The molecule has 1 aromatic carbocycles. The van der Waals surface area contributed by atoms with Crippen molar-refractivity contribution in [3.05, 3.63) is 33.9 Å². The topological polar surface area (TPSA) is 58.4 Å². The number of rotatable bonds is 5. The monoisotopic (exact) mass is 289 g/mol. The maximum absolute atomic E-state index is 11.1. The lowest BCUT2D eigenvalue weighted by molar-refractivity contribution is -0.385. The molecule has 1 unspecified atom stereocenters. The Morgan fingerprint density at radius 1 is 1.33 bits per heavy atom. The van der Waals surface area contributed by atoms with Crippen LogP contribution in [0.15, 0.2) is 18.2 Å². The summed E-state index contributed by atoms with van der Waals surface area (Å²) in [5, 5.41) is 14.7. The number of hydrogen-bond acceptors (Lipinski definition) is 4. The van der Waals surface area contributed by atoms with Crippen molar-refractivity contribution < 1.29 is 4.92 Å². The summed E-state index contributed by atoms with van der Waals surface area (Å²) in [5.74, 6) is 0. The Balaban J connectivity index is 1.83. The molecule has 1 N–H and O–H groups in total. The lowest BCUT2D eigenvalue weighted by Crippen LogP contribution is -2.44. The number of nitro benzene ring substituents is 1. The molecule has 2 fully saturated rings. The second-order valence-electron chi connectivity index (χ2n) is 6.21. The molecule has 21 heavy (non-hydrogen) atoms. The highest BCUT2D eigenvalue weighted by Crippen LogP contribution is 2.36. The molecule has 0 aromatic heterocycles. The van der Waals surface area contributed by atoms with E-state index >= 15 is 0 Å². The molecule has 1 saturated carbocycles. The third kappa shape index (κ3) is 3.18. The molecule has 5 nitrogen and oxygen atoms in total. The first-order valence-electron chi connectivity index (χ1n) is 7.91. The van der Waals surface area contributed by atoms with Crippen molar-refractivity contribution in [1.82, 2.24) is 5.32 Å². The van der Waals surface area contributed by atoms with Crippen LogP contribution in [0.3, 0.4) is 0 Å². The summed E-state index contributed by atoms with van der Waals surface area (Å²) < 4.78 is 0. The minimum absolute atomic E-state index is 0.231. The number of nitrogens with zero attached hydrogens (tertiary/aromatic N) is 2. The Hall–Kier alpha value is -1.62. The second-order valence-corrected chi connectivity index (χ2v) is 6.21. The molecular weight excluding hydrogens is 266 g/mol. The van der Waals surface area contributed by atoms with Crippen LogP contribution in [0.4, 0.5) is 11.4 Å². The fourth-order valence-corrected chi connectivity index (χ4v) is 3.27. The number of anilines is 1. The van der Waals surface area contributed by atoms with Crippen molar-refractivity contribution in [2.75, 3.05) is 18.0 Å². The Bertz CT molecular complexity index is 522. The van der Waals surface area contributed by atoms with E-state index < -0.39 is 0 Å². The summed E-state index contributed by atoms with van der Waals surface area (Å²) in [6.07, 6.45) is 6.15. The van der Waals surface area contributed by atoms with Gasteiger partial charge in [0.05, 0.1) is 10.5 Å². The van der Waals surface area contributed by atoms with Crippen LogP contribution in [-0.4, -0.2) is 30.1 Å². The van der Waals surface area contributed by atoms with E-state index in [0.717, 1.165) is 24.3 Å². The number of hydrogen-bond donors (Lipinski definition) is 1. The van der Waals surface area contributed by atoms with Gasteiger partial charge in [-0.1, -0.05) is 12.5 Å². The van der Waals surface area contributed by atoms with Gasteiger partial charge in [0.1, 0.15) is 0 Å². The van der Waals surface area contributed by atoms with Crippen molar-refractivity contribution in [1.29, 1.82) is 0 Å². The van der Waals surface area contributed by atoms with Crippen LogP contribution in [-0.2, 0) is 0 Å². The minimum Gasteiger partial charge on any atom is -0.367 e. The van der Waals surface area contributed by atoms with Crippen LogP contribution >= 0.6 is 0 Å². The van der Waals surface area contributed by atoms with Gasteiger partial charge in [-0.3, -0.25) is 10.1 Å². The van der Waals surface area contributed by atoms with Crippen LogP contribution in [0.5, 0.6) is 0 Å². The molecule has 114 valence electrons. The molecule has 1 aromatic rings. The lowest BCUT2D eigenvalue weighted by atomic mass is 10.0. The molecule has 1 aliphatic heterocycles. The van der Waals surface area contributed by atoms with Crippen molar-refractivity contribution in [3.63, 3.8) is 0 Å². The predicted octanol–water partition coefficient (Wildman–Crippen LogP) is 3.01. The van der Waals surface area contributed by atoms with Gasteiger partial charge in [0, 0.05) is 30.4 Å². The smallest absolute Gasteiger partial charge is 0.274 e. The molecule has 1 atom stereocenters. The van der Waals surface area contributed by atoms with Crippen LogP contribution in [0.25, 0.3) is 0 Å². The largest absolute Gasteiger partial charge is 0.367 e. The minimum atomic E-state index is -0.275. The van der Waals surface area contributed by atoms with Crippen molar-refractivity contribution >= 4 is 11.4 Å². The SMILES string of the molecule is Cc1c(N(CC2CCCCN2)C2CC2)cccc1[N+](=O)[O-]. The van der Waals surface area contributed by atoms with Gasteiger partial charge in [0.2, 0.25) is 0 Å². The molecule has 0 bridgehead atoms. The van der Waals surface area contributed by atoms with E-state index in [-0.39, 0.29) is 10.6 Å². The van der Waals surface area contributed by atoms with E-state index in [1.807, 2.05) is 19.1 Å². The first kappa shape index (κ1) is 14.3. The molecular formula is C16H23N3O2. The van der Waals surface area contributed by atoms with Gasteiger partial charge in [0.15, 0.2) is 0 Å².